The summed E-state index contributed by atoms with van der Waals surface area (Å²) in [5.74, 6) is 1.14. The van der Waals surface area contributed by atoms with Crippen LogP contribution in [0.2, 0.25) is 0 Å². The van der Waals surface area contributed by atoms with Crippen molar-refractivity contribution in [3.8, 4) is 0 Å². The molecule has 0 bridgehead atoms. The van der Waals surface area contributed by atoms with Gasteiger partial charge in [-0.1, -0.05) is 6.92 Å². The van der Waals surface area contributed by atoms with Crippen molar-refractivity contribution in [1.82, 2.24) is 10.2 Å². The molecular formula is C11H20N2O. The van der Waals surface area contributed by atoms with Crippen LogP contribution in [0.5, 0.6) is 0 Å². The lowest BCUT2D eigenvalue weighted by Crippen LogP contribution is -2.46. The second-order valence-corrected chi connectivity index (χ2v) is 4.66. The van der Waals surface area contributed by atoms with Crippen molar-refractivity contribution in [2.75, 3.05) is 19.6 Å². The number of piperidine rings is 1. The number of rotatable bonds is 1. The number of hydrogen-bond acceptors (Lipinski definition) is 2. The zero-order chi connectivity index (χ0) is 9.97. The molecule has 0 spiro atoms. The topological polar surface area (TPSA) is 32.3 Å². The summed E-state index contributed by atoms with van der Waals surface area (Å²) in [7, 11) is 0. The minimum Gasteiger partial charge on any atom is -0.341 e. The average Bonchev–Trinajstić information content (AvgIpc) is 2.71. The quantitative estimate of drug-likeness (QED) is 0.678. The Morgan fingerprint density at radius 1 is 1.29 bits per heavy atom. The van der Waals surface area contributed by atoms with Crippen LogP contribution in [0.25, 0.3) is 0 Å². The molecule has 2 saturated heterocycles. The molecule has 80 valence electrons. The summed E-state index contributed by atoms with van der Waals surface area (Å²) in [5, 5.41) is 3.27. The molecule has 0 radical (unpaired) electrons. The van der Waals surface area contributed by atoms with E-state index < -0.39 is 0 Å². The van der Waals surface area contributed by atoms with E-state index >= 15 is 0 Å². The molecule has 1 atom stereocenters. The Bertz CT molecular complexity index is 203. The number of carbonyl (C=O) groups excluding carboxylic acids is 1. The minimum absolute atomic E-state index is 0.128. The molecule has 3 nitrogen and oxygen atoms in total. The van der Waals surface area contributed by atoms with Crippen LogP contribution in [-0.2, 0) is 4.79 Å². The molecule has 1 N–H and O–H groups in total. The average molecular weight is 196 g/mol. The van der Waals surface area contributed by atoms with Gasteiger partial charge in [0.1, 0.15) is 0 Å². The highest BCUT2D eigenvalue weighted by Crippen LogP contribution is 2.18. The van der Waals surface area contributed by atoms with Crippen LogP contribution >= 0.6 is 0 Å². The SMILES string of the molecule is CC1CCN(C(=O)[C@@H]2CCCN2)CC1. The van der Waals surface area contributed by atoms with Gasteiger partial charge < -0.3 is 10.2 Å². The van der Waals surface area contributed by atoms with Crippen LogP contribution < -0.4 is 5.32 Å². The normalized spacial score (nSPS) is 29.5. The van der Waals surface area contributed by atoms with E-state index in [9.17, 15) is 4.79 Å². The second-order valence-electron chi connectivity index (χ2n) is 4.66. The van der Waals surface area contributed by atoms with Crippen molar-refractivity contribution in [3.05, 3.63) is 0 Å². The first-order valence-electron chi connectivity index (χ1n) is 5.79. The fraction of sp³-hybridized carbons (Fsp3) is 0.909. The Labute approximate surface area is 85.8 Å². The number of nitrogens with one attached hydrogen (secondary N) is 1. The molecule has 2 fully saturated rings. The van der Waals surface area contributed by atoms with E-state index in [2.05, 4.69) is 12.2 Å². The van der Waals surface area contributed by atoms with E-state index in [-0.39, 0.29) is 6.04 Å². The van der Waals surface area contributed by atoms with Gasteiger partial charge in [0.2, 0.25) is 5.91 Å². The molecule has 0 saturated carbocycles. The van der Waals surface area contributed by atoms with E-state index in [1.54, 1.807) is 0 Å². The lowest BCUT2D eigenvalue weighted by molar-refractivity contribution is -0.134. The Hall–Kier alpha value is -0.570. The first kappa shape index (κ1) is 9.97. The summed E-state index contributed by atoms with van der Waals surface area (Å²) in [6.45, 7) is 5.23. The highest BCUT2D eigenvalue weighted by molar-refractivity contribution is 5.82. The molecule has 0 aliphatic carbocycles. The Morgan fingerprint density at radius 3 is 2.57 bits per heavy atom. The lowest BCUT2D eigenvalue weighted by atomic mass is 9.98. The minimum atomic E-state index is 0.128. The summed E-state index contributed by atoms with van der Waals surface area (Å²) in [6.07, 6.45) is 4.54. The van der Waals surface area contributed by atoms with Gasteiger partial charge in [0, 0.05) is 13.1 Å². The highest BCUT2D eigenvalue weighted by Gasteiger charge is 2.28. The predicted octanol–water partition coefficient (Wildman–Crippen LogP) is 0.997. The van der Waals surface area contributed by atoms with Crippen molar-refractivity contribution in [3.63, 3.8) is 0 Å². The fourth-order valence-electron chi connectivity index (χ4n) is 2.34. The summed E-state index contributed by atoms with van der Waals surface area (Å²) >= 11 is 0. The van der Waals surface area contributed by atoms with Gasteiger partial charge >= 0.3 is 0 Å². The zero-order valence-electron chi connectivity index (χ0n) is 8.96. The van der Waals surface area contributed by atoms with E-state index in [0.29, 0.717) is 5.91 Å². The van der Waals surface area contributed by atoms with Crippen LogP contribution in [0.3, 0.4) is 0 Å². The molecule has 1 amide bonds. The third-order valence-corrected chi connectivity index (χ3v) is 3.45. The molecule has 14 heavy (non-hydrogen) atoms. The summed E-state index contributed by atoms with van der Waals surface area (Å²) < 4.78 is 0. The molecule has 0 aromatic carbocycles. The summed E-state index contributed by atoms with van der Waals surface area (Å²) in [5.41, 5.74) is 0. The van der Waals surface area contributed by atoms with Gasteiger partial charge in [0.25, 0.3) is 0 Å². The summed E-state index contributed by atoms with van der Waals surface area (Å²) in [4.78, 5) is 14.0. The molecule has 2 rings (SSSR count). The van der Waals surface area contributed by atoms with Gasteiger partial charge in [-0.2, -0.15) is 0 Å². The Balaban J connectivity index is 1.85. The van der Waals surface area contributed by atoms with E-state index in [1.165, 1.54) is 12.8 Å². The summed E-state index contributed by atoms with van der Waals surface area (Å²) in [6, 6.07) is 0.128. The second kappa shape index (κ2) is 4.30. The van der Waals surface area contributed by atoms with Crippen LogP contribution in [0.15, 0.2) is 0 Å². The number of carbonyl (C=O) groups is 1. The maximum atomic E-state index is 12.0. The van der Waals surface area contributed by atoms with Gasteiger partial charge in [-0.05, 0) is 38.1 Å². The first-order valence-corrected chi connectivity index (χ1v) is 5.79. The first-order chi connectivity index (χ1) is 6.77. The molecule has 0 aromatic heterocycles. The lowest BCUT2D eigenvalue weighted by Gasteiger charge is -2.32. The third-order valence-electron chi connectivity index (χ3n) is 3.45. The third kappa shape index (κ3) is 2.08. The monoisotopic (exact) mass is 196 g/mol. The van der Waals surface area contributed by atoms with E-state index in [0.717, 1.165) is 38.4 Å². The molecule has 2 aliphatic rings. The predicted molar refractivity (Wildman–Crippen MR) is 56.0 cm³/mol. The Kier molecular flexibility index (Phi) is 3.06. The highest BCUT2D eigenvalue weighted by atomic mass is 16.2. The smallest absolute Gasteiger partial charge is 0.239 e. The maximum Gasteiger partial charge on any atom is 0.239 e. The molecule has 3 heteroatoms. The van der Waals surface area contributed by atoms with Gasteiger partial charge in [0.05, 0.1) is 6.04 Å². The standard InChI is InChI=1S/C11H20N2O/c1-9-4-7-13(8-5-9)11(14)10-3-2-6-12-10/h9-10,12H,2-8H2,1H3/t10-/m0/s1. The van der Waals surface area contributed by atoms with E-state index in [1.807, 2.05) is 4.90 Å². The van der Waals surface area contributed by atoms with Crippen molar-refractivity contribution in [2.45, 2.75) is 38.6 Å². The van der Waals surface area contributed by atoms with Gasteiger partial charge in [-0.3, -0.25) is 4.79 Å². The van der Waals surface area contributed by atoms with Crippen LogP contribution in [0.4, 0.5) is 0 Å². The van der Waals surface area contributed by atoms with Gasteiger partial charge in [-0.15, -0.1) is 0 Å². The zero-order valence-corrected chi connectivity index (χ0v) is 8.96. The fourth-order valence-corrected chi connectivity index (χ4v) is 2.34. The molecular weight excluding hydrogens is 176 g/mol. The van der Waals surface area contributed by atoms with Crippen molar-refractivity contribution < 1.29 is 4.79 Å². The van der Waals surface area contributed by atoms with Gasteiger partial charge in [-0.25, -0.2) is 0 Å². The van der Waals surface area contributed by atoms with Crippen molar-refractivity contribution in [2.24, 2.45) is 5.92 Å². The van der Waals surface area contributed by atoms with E-state index in [4.69, 9.17) is 0 Å². The number of amides is 1. The molecule has 0 unspecified atom stereocenters. The van der Waals surface area contributed by atoms with Crippen molar-refractivity contribution >= 4 is 5.91 Å². The Morgan fingerprint density at radius 2 is 2.00 bits per heavy atom. The molecule has 0 aromatic rings. The van der Waals surface area contributed by atoms with Crippen LogP contribution in [-0.4, -0.2) is 36.5 Å². The maximum absolute atomic E-state index is 12.0. The van der Waals surface area contributed by atoms with Crippen LogP contribution in [0.1, 0.15) is 32.6 Å². The number of nitrogens with zero attached hydrogens (tertiary/aromatic N) is 1. The van der Waals surface area contributed by atoms with Crippen molar-refractivity contribution in [1.29, 1.82) is 0 Å². The van der Waals surface area contributed by atoms with Gasteiger partial charge in [0.15, 0.2) is 0 Å². The number of likely N-dealkylation sites (tertiary alicyclic amines) is 1. The molecule has 2 aliphatic heterocycles. The number of hydrogen-bond donors (Lipinski definition) is 1. The largest absolute Gasteiger partial charge is 0.341 e. The molecule has 2 heterocycles. The van der Waals surface area contributed by atoms with Crippen LogP contribution in [0, 0.1) is 5.92 Å².